The van der Waals surface area contributed by atoms with Crippen molar-refractivity contribution in [1.82, 2.24) is 5.32 Å². The molecule has 31 heavy (non-hydrogen) atoms. The van der Waals surface area contributed by atoms with Crippen molar-refractivity contribution in [1.29, 1.82) is 0 Å². The Labute approximate surface area is 195 Å². The molecule has 4 fully saturated rings. The average molecular weight is 484 g/mol. The molecule has 4 heteroatoms. The van der Waals surface area contributed by atoms with Crippen LogP contribution in [0.1, 0.15) is 62.1 Å². The number of halogens is 1. The number of rotatable bonds is 8. The summed E-state index contributed by atoms with van der Waals surface area (Å²) >= 11 is 3.81. The number of benzene rings is 2. The lowest BCUT2D eigenvalue weighted by Crippen LogP contribution is -2.58. The first-order valence-electron chi connectivity index (χ1n) is 11.9. The first-order chi connectivity index (χ1) is 15.0. The Morgan fingerprint density at radius 1 is 0.935 bits per heavy atom. The second-order valence-corrected chi connectivity index (χ2v) is 10.9. The summed E-state index contributed by atoms with van der Waals surface area (Å²) in [5.41, 5.74) is 4.06. The first kappa shape index (κ1) is 21.3. The van der Waals surface area contributed by atoms with Crippen LogP contribution in [0.5, 0.6) is 11.5 Å². The normalized spacial score (nSPS) is 28.7. The Hall–Kier alpha value is -1.52. The molecule has 0 unspecified atom stereocenters. The van der Waals surface area contributed by atoms with Crippen molar-refractivity contribution in [3.63, 3.8) is 0 Å². The molecule has 0 radical (unpaired) electrons. The zero-order valence-corrected chi connectivity index (χ0v) is 20.3. The zero-order valence-electron chi connectivity index (χ0n) is 18.8. The summed E-state index contributed by atoms with van der Waals surface area (Å²) in [6, 6.07) is 12.6. The molecule has 0 amide bonds. The molecule has 0 saturated heterocycles. The van der Waals surface area contributed by atoms with Crippen molar-refractivity contribution in [2.45, 2.75) is 71.1 Å². The van der Waals surface area contributed by atoms with Crippen LogP contribution < -0.4 is 14.8 Å². The molecular formula is C27H34BrNO2. The van der Waals surface area contributed by atoms with Gasteiger partial charge in [-0.15, -0.1) is 0 Å². The predicted molar refractivity (Wildman–Crippen MR) is 129 cm³/mol. The SMILES string of the molecule is CCOc1cc(CNC23CC4CC(CC(C4)C2)C3)c(Br)cc1OCc1ccccc1C. The molecule has 0 aliphatic heterocycles. The van der Waals surface area contributed by atoms with Gasteiger partial charge in [-0.1, -0.05) is 40.2 Å². The van der Waals surface area contributed by atoms with Gasteiger partial charge < -0.3 is 14.8 Å². The van der Waals surface area contributed by atoms with E-state index >= 15 is 0 Å². The lowest BCUT2D eigenvalue weighted by atomic mass is 9.53. The van der Waals surface area contributed by atoms with Crippen LogP contribution in [0.2, 0.25) is 0 Å². The van der Waals surface area contributed by atoms with E-state index in [9.17, 15) is 0 Å². The van der Waals surface area contributed by atoms with Gasteiger partial charge in [0, 0.05) is 16.6 Å². The van der Waals surface area contributed by atoms with E-state index in [0.29, 0.717) is 18.8 Å². The minimum Gasteiger partial charge on any atom is -0.490 e. The molecule has 3 nitrogen and oxygen atoms in total. The number of hydrogen-bond acceptors (Lipinski definition) is 3. The van der Waals surface area contributed by atoms with E-state index < -0.39 is 0 Å². The van der Waals surface area contributed by atoms with Gasteiger partial charge in [0.25, 0.3) is 0 Å². The van der Waals surface area contributed by atoms with Crippen molar-refractivity contribution in [3.8, 4) is 11.5 Å². The Morgan fingerprint density at radius 2 is 1.58 bits per heavy atom. The number of ether oxygens (including phenoxy) is 2. The summed E-state index contributed by atoms with van der Waals surface area (Å²) in [6.45, 7) is 6.21. The molecule has 0 atom stereocenters. The highest BCUT2D eigenvalue weighted by Gasteiger charge is 2.50. The van der Waals surface area contributed by atoms with Crippen LogP contribution in [0, 0.1) is 24.7 Å². The predicted octanol–water partition coefficient (Wildman–Crippen LogP) is 6.79. The monoisotopic (exact) mass is 483 g/mol. The molecule has 6 rings (SSSR count). The Bertz CT molecular complexity index is 906. The van der Waals surface area contributed by atoms with Crippen LogP contribution in [0.25, 0.3) is 0 Å². The average Bonchev–Trinajstić information content (AvgIpc) is 2.73. The third kappa shape index (κ3) is 4.52. The maximum atomic E-state index is 6.20. The molecule has 4 aliphatic rings. The van der Waals surface area contributed by atoms with E-state index in [-0.39, 0.29) is 0 Å². The molecule has 2 aromatic carbocycles. The van der Waals surface area contributed by atoms with Gasteiger partial charge in [0.2, 0.25) is 0 Å². The molecule has 166 valence electrons. The Balaban J connectivity index is 1.30. The van der Waals surface area contributed by atoms with E-state index in [1.54, 1.807) is 0 Å². The fourth-order valence-electron chi connectivity index (χ4n) is 6.63. The molecule has 4 bridgehead atoms. The van der Waals surface area contributed by atoms with Gasteiger partial charge >= 0.3 is 0 Å². The van der Waals surface area contributed by atoms with Crippen LogP contribution in [0.4, 0.5) is 0 Å². The van der Waals surface area contributed by atoms with Crippen LogP contribution in [0.3, 0.4) is 0 Å². The maximum Gasteiger partial charge on any atom is 0.162 e. The summed E-state index contributed by atoms with van der Waals surface area (Å²) in [5, 5.41) is 4.01. The van der Waals surface area contributed by atoms with Crippen molar-refractivity contribution in [3.05, 3.63) is 57.6 Å². The third-order valence-electron chi connectivity index (χ3n) is 7.75. The number of aryl methyl sites for hydroxylation is 1. The maximum absolute atomic E-state index is 6.20. The first-order valence-corrected chi connectivity index (χ1v) is 12.7. The van der Waals surface area contributed by atoms with Gasteiger partial charge in [0.05, 0.1) is 6.61 Å². The van der Waals surface area contributed by atoms with E-state index in [1.165, 1.54) is 55.2 Å². The smallest absolute Gasteiger partial charge is 0.162 e. The second kappa shape index (κ2) is 8.78. The fourth-order valence-corrected chi connectivity index (χ4v) is 7.09. The van der Waals surface area contributed by atoms with Gasteiger partial charge in [-0.25, -0.2) is 0 Å². The fraction of sp³-hybridized carbons (Fsp3) is 0.556. The van der Waals surface area contributed by atoms with Crippen LogP contribution >= 0.6 is 15.9 Å². The van der Waals surface area contributed by atoms with Crippen molar-refractivity contribution >= 4 is 15.9 Å². The van der Waals surface area contributed by atoms with Gasteiger partial charge in [-0.05, 0) is 98.9 Å². The topological polar surface area (TPSA) is 30.5 Å². The summed E-state index contributed by atoms with van der Waals surface area (Å²) in [5.74, 6) is 4.51. The lowest BCUT2D eigenvalue weighted by molar-refractivity contribution is -0.0206. The standard InChI is InChI=1S/C27H34BrNO2/c1-3-30-25-11-23(16-29-27-13-19-8-20(14-27)10-21(9-19)15-27)24(28)12-26(25)31-17-22-7-5-4-6-18(22)2/h4-7,11-12,19-21,29H,3,8-10,13-17H2,1-2H3. The summed E-state index contributed by atoms with van der Waals surface area (Å²) in [6.07, 6.45) is 8.54. The number of nitrogens with one attached hydrogen (secondary N) is 1. The van der Waals surface area contributed by atoms with Gasteiger partial charge in [-0.3, -0.25) is 0 Å². The van der Waals surface area contributed by atoms with Crippen molar-refractivity contribution in [2.75, 3.05) is 6.61 Å². The molecule has 1 N–H and O–H groups in total. The second-order valence-electron chi connectivity index (χ2n) is 10.1. The van der Waals surface area contributed by atoms with Crippen molar-refractivity contribution in [2.24, 2.45) is 17.8 Å². The van der Waals surface area contributed by atoms with Gasteiger partial charge in [-0.2, -0.15) is 0 Å². The minimum absolute atomic E-state index is 0.361. The zero-order chi connectivity index (χ0) is 21.4. The van der Waals surface area contributed by atoms with E-state index in [0.717, 1.165) is 40.3 Å². The van der Waals surface area contributed by atoms with E-state index in [1.807, 2.05) is 6.92 Å². The summed E-state index contributed by atoms with van der Waals surface area (Å²) < 4.78 is 13.3. The molecule has 4 saturated carbocycles. The Kier molecular flexibility index (Phi) is 6.04. The molecule has 4 aliphatic carbocycles. The highest BCUT2D eigenvalue weighted by Crippen LogP contribution is 2.55. The lowest BCUT2D eigenvalue weighted by Gasteiger charge is -2.57. The van der Waals surface area contributed by atoms with Crippen molar-refractivity contribution < 1.29 is 9.47 Å². The third-order valence-corrected chi connectivity index (χ3v) is 8.49. The minimum atomic E-state index is 0.361. The Morgan fingerprint density at radius 3 is 2.23 bits per heavy atom. The highest BCUT2D eigenvalue weighted by atomic mass is 79.9. The molecule has 0 heterocycles. The molecular weight excluding hydrogens is 450 g/mol. The summed E-state index contributed by atoms with van der Waals surface area (Å²) in [7, 11) is 0. The molecule has 0 spiro atoms. The molecule has 2 aromatic rings. The van der Waals surface area contributed by atoms with E-state index in [2.05, 4.69) is 64.6 Å². The highest BCUT2D eigenvalue weighted by molar-refractivity contribution is 9.10. The summed E-state index contributed by atoms with van der Waals surface area (Å²) in [4.78, 5) is 0. The largest absolute Gasteiger partial charge is 0.490 e. The van der Waals surface area contributed by atoms with Crippen LogP contribution in [0.15, 0.2) is 40.9 Å². The van der Waals surface area contributed by atoms with Crippen LogP contribution in [-0.2, 0) is 13.2 Å². The van der Waals surface area contributed by atoms with Gasteiger partial charge in [0.15, 0.2) is 11.5 Å². The number of hydrogen-bond donors (Lipinski definition) is 1. The quantitative estimate of drug-likeness (QED) is 0.447. The van der Waals surface area contributed by atoms with E-state index in [4.69, 9.17) is 9.47 Å². The van der Waals surface area contributed by atoms with Crippen LogP contribution in [-0.4, -0.2) is 12.1 Å². The molecule has 0 aromatic heterocycles. The van der Waals surface area contributed by atoms with Gasteiger partial charge in [0.1, 0.15) is 6.61 Å².